The third-order valence-corrected chi connectivity index (χ3v) is 6.91. The Morgan fingerprint density at radius 1 is 1.06 bits per heavy atom. The number of nitrogens with zero attached hydrogens (tertiary/aromatic N) is 3. The Hall–Kier alpha value is -3.23. The van der Waals surface area contributed by atoms with Crippen LogP contribution in [-0.4, -0.2) is 41.5 Å². The van der Waals surface area contributed by atoms with Gasteiger partial charge in [-0.1, -0.05) is 44.2 Å². The highest BCUT2D eigenvalue weighted by molar-refractivity contribution is 7.89. The number of aryl methyl sites for hydroxylation is 1. The molecule has 0 fully saturated rings. The highest BCUT2D eigenvalue weighted by atomic mass is 32.2. The number of rotatable bonds is 8. The Labute approximate surface area is 183 Å². The lowest BCUT2D eigenvalue weighted by Crippen LogP contribution is -2.30. The van der Waals surface area contributed by atoms with Crippen molar-refractivity contribution in [1.29, 1.82) is 0 Å². The third-order valence-electron chi connectivity index (χ3n) is 4.84. The summed E-state index contributed by atoms with van der Waals surface area (Å²) in [4.78, 5) is 12.7. The van der Waals surface area contributed by atoms with Gasteiger partial charge in [0.1, 0.15) is 5.82 Å². The Morgan fingerprint density at radius 2 is 1.71 bits per heavy atom. The van der Waals surface area contributed by atoms with E-state index in [0.29, 0.717) is 18.9 Å². The monoisotopic (exact) mass is 438 g/mol. The average Bonchev–Trinajstić information content (AvgIpc) is 3.14. The summed E-state index contributed by atoms with van der Waals surface area (Å²) in [6, 6.07) is 16.0. The summed E-state index contributed by atoms with van der Waals surface area (Å²) in [5.74, 6) is 0.294. The largest absolute Gasteiger partial charge is 0.307 e. The number of hydrogen-bond donors (Lipinski definition) is 1. The van der Waals surface area contributed by atoms with Crippen LogP contribution < -0.4 is 5.32 Å². The molecule has 0 saturated heterocycles. The summed E-state index contributed by atoms with van der Waals surface area (Å²) < 4.78 is 28.2. The van der Waals surface area contributed by atoms with Gasteiger partial charge < -0.3 is 5.32 Å². The SMILES string of the molecule is CCN(CC)S(=O)(=O)c1ccc(/C=C/C(=O)Nc2c(C)cnn2-c2ccccc2)cc1. The van der Waals surface area contributed by atoms with E-state index in [-0.39, 0.29) is 10.8 Å². The quantitative estimate of drug-likeness (QED) is 0.541. The van der Waals surface area contributed by atoms with Gasteiger partial charge in [0, 0.05) is 24.7 Å². The van der Waals surface area contributed by atoms with Crippen molar-refractivity contribution >= 4 is 27.8 Å². The number of aromatic nitrogens is 2. The summed E-state index contributed by atoms with van der Waals surface area (Å²) >= 11 is 0. The number of para-hydroxylation sites is 1. The minimum Gasteiger partial charge on any atom is -0.307 e. The van der Waals surface area contributed by atoms with Gasteiger partial charge in [0.05, 0.1) is 16.8 Å². The maximum Gasteiger partial charge on any atom is 0.249 e. The number of carbonyl (C=O) groups is 1. The van der Waals surface area contributed by atoms with E-state index in [1.54, 1.807) is 41.2 Å². The van der Waals surface area contributed by atoms with Gasteiger partial charge in [-0.15, -0.1) is 0 Å². The molecular formula is C23H26N4O3S. The predicted molar refractivity (Wildman–Crippen MR) is 123 cm³/mol. The first kappa shape index (κ1) is 22.5. The first-order valence-electron chi connectivity index (χ1n) is 10.1. The minimum absolute atomic E-state index is 0.236. The van der Waals surface area contributed by atoms with E-state index in [1.165, 1.54) is 10.4 Å². The van der Waals surface area contributed by atoms with Crippen molar-refractivity contribution in [3.8, 4) is 5.69 Å². The van der Waals surface area contributed by atoms with E-state index < -0.39 is 10.0 Å². The number of amides is 1. The molecule has 3 rings (SSSR count). The number of anilines is 1. The summed E-state index contributed by atoms with van der Waals surface area (Å²) in [7, 11) is -3.50. The molecule has 2 aromatic carbocycles. The van der Waals surface area contributed by atoms with Crippen LogP contribution in [0.25, 0.3) is 11.8 Å². The first-order chi connectivity index (χ1) is 14.9. The maximum absolute atomic E-state index is 12.6. The van der Waals surface area contributed by atoms with Gasteiger partial charge >= 0.3 is 0 Å². The fraction of sp³-hybridized carbons (Fsp3) is 0.217. The van der Waals surface area contributed by atoms with Crippen LogP contribution in [0.2, 0.25) is 0 Å². The highest BCUT2D eigenvalue weighted by Crippen LogP contribution is 2.20. The van der Waals surface area contributed by atoms with Gasteiger partial charge in [0.15, 0.2) is 0 Å². The second-order valence-electron chi connectivity index (χ2n) is 6.90. The molecule has 1 aromatic heterocycles. The number of nitrogens with one attached hydrogen (secondary N) is 1. The van der Waals surface area contributed by atoms with Crippen molar-refractivity contribution in [3.05, 3.63) is 78.0 Å². The van der Waals surface area contributed by atoms with Gasteiger partial charge in [-0.05, 0) is 42.8 Å². The molecule has 0 radical (unpaired) electrons. The van der Waals surface area contributed by atoms with Crippen molar-refractivity contribution in [2.45, 2.75) is 25.7 Å². The van der Waals surface area contributed by atoms with Crippen LogP contribution in [0.1, 0.15) is 25.0 Å². The molecule has 3 aromatic rings. The fourth-order valence-corrected chi connectivity index (χ4v) is 4.60. The zero-order valence-corrected chi connectivity index (χ0v) is 18.6. The van der Waals surface area contributed by atoms with Crippen molar-refractivity contribution in [2.24, 2.45) is 0 Å². The van der Waals surface area contributed by atoms with E-state index >= 15 is 0 Å². The predicted octanol–water partition coefficient (Wildman–Crippen LogP) is 3.86. The molecule has 0 unspecified atom stereocenters. The van der Waals surface area contributed by atoms with E-state index in [0.717, 1.165) is 16.8 Å². The van der Waals surface area contributed by atoms with Gasteiger partial charge in [0.2, 0.25) is 15.9 Å². The van der Waals surface area contributed by atoms with Crippen molar-refractivity contribution in [3.63, 3.8) is 0 Å². The Morgan fingerprint density at radius 3 is 2.32 bits per heavy atom. The number of hydrogen-bond acceptors (Lipinski definition) is 4. The Balaban J connectivity index is 1.73. The van der Waals surface area contributed by atoms with Gasteiger partial charge in [-0.2, -0.15) is 9.40 Å². The molecule has 8 heteroatoms. The van der Waals surface area contributed by atoms with Crippen LogP contribution in [0.4, 0.5) is 5.82 Å². The highest BCUT2D eigenvalue weighted by Gasteiger charge is 2.21. The molecule has 0 aliphatic carbocycles. The van der Waals surface area contributed by atoms with Crippen molar-refractivity contribution in [2.75, 3.05) is 18.4 Å². The number of sulfonamides is 1. The zero-order valence-electron chi connectivity index (χ0n) is 17.8. The molecule has 0 saturated carbocycles. The molecule has 162 valence electrons. The topological polar surface area (TPSA) is 84.3 Å². The minimum atomic E-state index is -3.50. The van der Waals surface area contributed by atoms with Crippen LogP contribution >= 0.6 is 0 Å². The standard InChI is InChI=1S/C23H26N4O3S/c1-4-26(5-2)31(29,30)21-14-11-19(12-15-21)13-16-22(28)25-23-18(3)17-24-27(23)20-9-7-6-8-10-20/h6-17H,4-5H2,1-3H3,(H,25,28)/b16-13+. The van der Waals surface area contributed by atoms with Crippen LogP contribution in [0.15, 0.2) is 71.8 Å². The van der Waals surface area contributed by atoms with E-state index in [1.807, 2.05) is 51.1 Å². The Bertz CT molecular complexity index is 1160. The van der Waals surface area contributed by atoms with Crippen LogP contribution in [0.3, 0.4) is 0 Å². The second kappa shape index (κ2) is 9.72. The molecule has 0 spiro atoms. The molecule has 0 atom stereocenters. The lowest BCUT2D eigenvalue weighted by Gasteiger charge is -2.18. The summed E-state index contributed by atoms with van der Waals surface area (Å²) in [6.07, 6.45) is 4.75. The van der Waals surface area contributed by atoms with E-state index in [2.05, 4.69) is 10.4 Å². The molecule has 0 aliphatic heterocycles. The average molecular weight is 439 g/mol. The molecule has 1 heterocycles. The third kappa shape index (κ3) is 5.10. The van der Waals surface area contributed by atoms with Crippen LogP contribution in [0, 0.1) is 6.92 Å². The fourth-order valence-electron chi connectivity index (χ4n) is 3.14. The zero-order chi connectivity index (χ0) is 22.4. The number of benzene rings is 2. The molecule has 1 N–H and O–H groups in total. The maximum atomic E-state index is 12.6. The second-order valence-corrected chi connectivity index (χ2v) is 8.84. The first-order valence-corrected chi connectivity index (χ1v) is 11.5. The van der Waals surface area contributed by atoms with Gasteiger partial charge in [0.25, 0.3) is 0 Å². The molecule has 1 amide bonds. The van der Waals surface area contributed by atoms with Crippen LogP contribution in [0.5, 0.6) is 0 Å². The lowest BCUT2D eigenvalue weighted by atomic mass is 10.2. The van der Waals surface area contributed by atoms with Crippen molar-refractivity contribution in [1.82, 2.24) is 14.1 Å². The Kier molecular flexibility index (Phi) is 7.04. The molecular weight excluding hydrogens is 412 g/mol. The van der Waals surface area contributed by atoms with Crippen molar-refractivity contribution < 1.29 is 13.2 Å². The van der Waals surface area contributed by atoms with Gasteiger partial charge in [-0.25, -0.2) is 13.1 Å². The number of carbonyl (C=O) groups excluding carboxylic acids is 1. The van der Waals surface area contributed by atoms with Gasteiger partial charge in [-0.3, -0.25) is 4.79 Å². The summed E-state index contributed by atoms with van der Waals surface area (Å²) in [6.45, 7) is 6.32. The molecule has 0 aliphatic rings. The molecule has 7 nitrogen and oxygen atoms in total. The van der Waals surface area contributed by atoms with E-state index in [4.69, 9.17) is 0 Å². The lowest BCUT2D eigenvalue weighted by molar-refractivity contribution is -0.111. The summed E-state index contributed by atoms with van der Waals surface area (Å²) in [5, 5.41) is 7.20. The van der Waals surface area contributed by atoms with E-state index in [9.17, 15) is 13.2 Å². The molecule has 0 bridgehead atoms. The van der Waals surface area contributed by atoms with Crippen LogP contribution in [-0.2, 0) is 14.8 Å². The molecule has 31 heavy (non-hydrogen) atoms. The smallest absolute Gasteiger partial charge is 0.249 e. The normalized spacial score (nSPS) is 11.9. The summed E-state index contributed by atoms with van der Waals surface area (Å²) in [5.41, 5.74) is 2.42.